The lowest BCUT2D eigenvalue weighted by atomic mass is 10.2. The SMILES string of the molecule is Clc1ccc([CH]C(Cl)(Cl)Cl)cc1Cl. The van der Waals surface area contributed by atoms with Gasteiger partial charge < -0.3 is 0 Å². The van der Waals surface area contributed by atoms with E-state index >= 15 is 0 Å². The van der Waals surface area contributed by atoms with E-state index < -0.39 is 3.79 Å². The first-order valence-corrected chi connectivity index (χ1v) is 5.15. The molecule has 1 rings (SSSR count). The Kier molecular flexibility index (Phi) is 4.03. The van der Waals surface area contributed by atoms with E-state index in [0.717, 1.165) is 5.56 Å². The van der Waals surface area contributed by atoms with E-state index in [1.54, 1.807) is 18.2 Å². The van der Waals surface area contributed by atoms with Crippen molar-refractivity contribution < 1.29 is 0 Å². The summed E-state index contributed by atoms with van der Waals surface area (Å²) in [6.07, 6.45) is 1.46. The Balaban J connectivity index is 2.86. The zero-order valence-corrected chi connectivity index (χ0v) is 9.98. The summed E-state index contributed by atoms with van der Waals surface area (Å²) in [5.74, 6) is 0. The van der Waals surface area contributed by atoms with E-state index in [9.17, 15) is 0 Å². The minimum atomic E-state index is -1.42. The standard InChI is InChI=1S/C8H4Cl5/c9-6-2-1-5(3-7(6)10)4-8(11,12)13/h1-4H. The Morgan fingerprint density at radius 2 is 1.62 bits per heavy atom. The van der Waals surface area contributed by atoms with Crippen molar-refractivity contribution in [1.29, 1.82) is 0 Å². The van der Waals surface area contributed by atoms with Crippen molar-refractivity contribution in [3.8, 4) is 0 Å². The Morgan fingerprint density at radius 1 is 1.00 bits per heavy atom. The summed E-state index contributed by atoms with van der Waals surface area (Å²) in [4.78, 5) is 0. The first kappa shape index (κ1) is 11.7. The minimum Gasteiger partial charge on any atom is -0.0830 e. The Bertz CT molecular complexity index is 302. The van der Waals surface area contributed by atoms with Crippen LogP contribution in [0.4, 0.5) is 0 Å². The molecule has 0 atom stereocenters. The molecule has 0 amide bonds. The van der Waals surface area contributed by atoms with Crippen molar-refractivity contribution in [3.63, 3.8) is 0 Å². The van der Waals surface area contributed by atoms with Crippen molar-refractivity contribution in [2.45, 2.75) is 3.79 Å². The molecule has 1 radical (unpaired) electrons. The molecule has 0 heterocycles. The summed E-state index contributed by atoms with van der Waals surface area (Å²) in [7, 11) is 0. The number of benzene rings is 1. The van der Waals surface area contributed by atoms with Crippen molar-refractivity contribution in [2.75, 3.05) is 0 Å². The van der Waals surface area contributed by atoms with Crippen LogP contribution in [0.1, 0.15) is 5.56 Å². The van der Waals surface area contributed by atoms with Gasteiger partial charge in [-0.15, -0.1) is 0 Å². The Labute approximate surface area is 102 Å². The van der Waals surface area contributed by atoms with Gasteiger partial charge in [0.2, 0.25) is 0 Å². The van der Waals surface area contributed by atoms with Crippen LogP contribution in [0.15, 0.2) is 18.2 Å². The fraction of sp³-hybridized carbons (Fsp3) is 0.125. The molecule has 0 aliphatic rings. The average molecular weight is 277 g/mol. The van der Waals surface area contributed by atoms with Gasteiger partial charge in [0.15, 0.2) is 3.79 Å². The van der Waals surface area contributed by atoms with E-state index in [1.165, 1.54) is 6.42 Å². The predicted octanol–water partition coefficient (Wildman–Crippen LogP) is 4.92. The molecule has 0 fully saturated rings. The summed E-state index contributed by atoms with van der Waals surface area (Å²) < 4.78 is -1.42. The zero-order valence-electron chi connectivity index (χ0n) is 6.20. The summed E-state index contributed by atoms with van der Waals surface area (Å²) in [6.45, 7) is 0. The first-order valence-electron chi connectivity index (χ1n) is 3.26. The van der Waals surface area contributed by atoms with Gasteiger partial charge in [0.05, 0.1) is 10.0 Å². The third-order valence-electron chi connectivity index (χ3n) is 1.27. The molecule has 0 nitrogen and oxygen atoms in total. The molecule has 0 saturated heterocycles. The Morgan fingerprint density at radius 3 is 2.08 bits per heavy atom. The van der Waals surface area contributed by atoms with Crippen LogP contribution in [-0.2, 0) is 0 Å². The molecule has 1 aromatic carbocycles. The first-order chi connectivity index (χ1) is 5.88. The summed E-state index contributed by atoms with van der Waals surface area (Å²) in [5, 5.41) is 0.910. The van der Waals surface area contributed by atoms with Gasteiger partial charge in [-0.25, -0.2) is 0 Å². The highest BCUT2D eigenvalue weighted by molar-refractivity contribution is 6.68. The molecule has 5 heteroatoms. The van der Waals surface area contributed by atoms with E-state index in [0.29, 0.717) is 10.0 Å². The topological polar surface area (TPSA) is 0 Å². The molecule has 0 aliphatic heterocycles. The molecule has 0 N–H and O–H groups in total. The Hall–Kier alpha value is 0.670. The van der Waals surface area contributed by atoms with Gasteiger partial charge in [-0.1, -0.05) is 64.1 Å². The predicted molar refractivity (Wildman–Crippen MR) is 60.2 cm³/mol. The van der Waals surface area contributed by atoms with Crippen LogP contribution in [-0.4, -0.2) is 3.79 Å². The van der Waals surface area contributed by atoms with Crippen molar-refractivity contribution in [3.05, 3.63) is 40.2 Å². The van der Waals surface area contributed by atoms with E-state index in [2.05, 4.69) is 0 Å². The third kappa shape index (κ3) is 4.14. The van der Waals surface area contributed by atoms with Gasteiger partial charge in [0.25, 0.3) is 0 Å². The van der Waals surface area contributed by atoms with Gasteiger partial charge in [-0.2, -0.15) is 0 Å². The van der Waals surface area contributed by atoms with Crippen molar-refractivity contribution in [1.82, 2.24) is 0 Å². The van der Waals surface area contributed by atoms with Crippen LogP contribution in [0.3, 0.4) is 0 Å². The van der Waals surface area contributed by atoms with Crippen molar-refractivity contribution >= 4 is 58.0 Å². The highest BCUT2D eigenvalue weighted by Crippen LogP contribution is 2.34. The molecular formula is C8H4Cl5. The second-order valence-electron chi connectivity index (χ2n) is 2.36. The van der Waals surface area contributed by atoms with Crippen LogP contribution in [0, 0.1) is 6.42 Å². The van der Waals surface area contributed by atoms with Crippen LogP contribution in [0.5, 0.6) is 0 Å². The quantitative estimate of drug-likeness (QED) is 0.639. The summed E-state index contributed by atoms with van der Waals surface area (Å²) in [5.41, 5.74) is 0.717. The zero-order chi connectivity index (χ0) is 10.1. The molecule has 0 aliphatic carbocycles. The van der Waals surface area contributed by atoms with Crippen LogP contribution in [0.2, 0.25) is 10.0 Å². The van der Waals surface area contributed by atoms with Gasteiger partial charge in [-0.3, -0.25) is 0 Å². The highest BCUT2D eigenvalue weighted by atomic mass is 35.6. The summed E-state index contributed by atoms with van der Waals surface area (Å²) in [6, 6.07) is 4.99. The lowest BCUT2D eigenvalue weighted by Crippen LogP contribution is -2.03. The molecule has 0 spiro atoms. The van der Waals surface area contributed by atoms with Gasteiger partial charge in [0.1, 0.15) is 0 Å². The molecule has 13 heavy (non-hydrogen) atoms. The third-order valence-corrected chi connectivity index (χ3v) is 2.34. The maximum Gasteiger partial charge on any atom is 0.198 e. The molecule has 71 valence electrons. The lowest BCUT2D eigenvalue weighted by molar-refractivity contribution is 1.28. The number of alkyl halides is 3. The maximum absolute atomic E-state index is 5.76. The van der Waals surface area contributed by atoms with Gasteiger partial charge in [-0.05, 0) is 17.7 Å². The van der Waals surface area contributed by atoms with Gasteiger partial charge in [0, 0.05) is 6.42 Å². The largest absolute Gasteiger partial charge is 0.198 e. The fourth-order valence-corrected chi connectivity index (χ4v) is 1.48. The van der Waals surface area contributed by atoms with Crippen LogP contribution >= 0.6 is 58.0 Å². The van der Waals surface area contributed by atoms with Crippen LogP contribution < -0.4 is 0 Å². The fourth-order valence-electron chi connectivity index (χ4n) is 0.791. The van der Waals surface area contributed by atoms with E-state index in [-0.39, 0.29) is 0 Å². The summed E-state index contributed by atoms with van der Waals surface area (Å²) >= 11 is 28.1. The van der Waals surface area contributed by atoms with E-state index in [4.69, 9.17) is 58.0 Å². The molecule has 1 aromatic rings. The molecular weight excluding hydrogens is 273 g/mol. The molecule has 0 bridgehead atoms. The maximum atomic E-state index is 5.76. The highest BCUT2D eigenvalue weighted by Gasteiger charge is 2.20. The monoisotopic (exact) mass is 275 g/mol. The molecule has 0 aromatic heterocycles. The smallest absolute Gasteiger partial charge is 0.0830 e. The van der Waals surface area contributed by atoms with Crippen molar-refractivity contribution in [2.24, 2.45) is 0 Å². The normalized spacial score (nSPS) is 11.8. The molecule has 0 saturated carbocycles. The second kappa shape index (κ2) is 4.46. The van der Waals surface area contributed by atoms with Crippen LogP contribution in [0.25, 0.3) is 0 Å². The number of hydrogen-bond acceptors (Lipinski definition) is 0. The number of rotatable bonds is 1. The lowest BCUT2D eigenvalue weighted by Gasteiger charge is -2.10. The average Bonchev–Trinajstić information content (AvgIpc) is 1.94. The molecule has 0 unspecified atom stereocenters. The number of hydrogen-bond donors (Lipinski definition) is 0. The number of halogens is 5. The van der Waals surface area contributed by atoms with Gasteiger partial charge >= 0.3 is 0 Å². The second-order valence-corrected chi connectivity index (χ2v) is 5.54. The van der Waals surface area contributed by atoms with E-state index in [1.807, 2.05) is 0 Å². The minimum absolute atomic E-state index is 0.435.